The third-order valence-corrected chi connectivity index (χ3v) is 3.37. The molecule has 0 aromatic carbocycles. The summed E-state index contributed by atoms with van der Waals surface area (Å²) in [7, 11) is 0. The SMILES string of the molecule is CCOC(=O)N1CCC(NCCSC)CC1. The maximum Gasteiger partial charge on any atom is 0.409 e. The number of thioether (sulfide) groups is 1. The fourth-order valence-corrected chi connectivity index (χ4v) is 2.17. The van der Waals surface area contributed by atoms with E-state index in [0.29, 0.717) is 12.6 Å². The van der Waals surface area contributed by atoms with E-state index in [1.807, 2.05) is 18.7 Å². The van der Waals surface area contributed by atoms with Crippen molar-refractivity contribution in [1.29, 1.82) is 0 Å². The van der Waals surface area contributed by atoms with E-state index >= 15 is 0 Å². The molecule has 0 radical (unpaired) electrons. The Labute approximate surface area is 102 Å². The molecule has 0 aliphatic carbocycles. The molecular formula is C11H22N2O2S. The van der Waals surface area contributed by atoms with Crippen LogP contribution < -0.4 is 5.32 Å². The normalized spacial score (nSPS) is 17.5. The lowest BCUT2D eigenvalue weighted by Crippen LogP contribution is -2.45. The third kappa shape index (κ3) is 4.61. The first kappa shape index (κ1) is 13.6. The quantitative estimate of drug-likeness (QED) is 0.748. The van der Waals surface area contributed by atoms with Gasteiger partial charge in [-0.25, -0.2) is 4.79 Å². The zero-order valence-electron chi connectivity index (χ0n) is 10.2. The highest BCUT2D eigenvalue weighted by Gasteiger charge is 2.22. The molecule has 0 spiro atoms. The van der Waals surface area contributed by atoms with Crippen LogP contribution in [-0.4, -0.2) is 55.3 Å². The van der Waals surface area contributed by atoms with Gasteiger partial charge < -0.3 is 15.0 Å². The number of likely N-dealkylation sites (tertiary alicyclic amines) is 1. The Morgan fingerprint density at radius 3 is 2.75 bits per heavy atom. The van der Waals surface area contributed by atoms with Crippen LogP contribution in [0.3, 0.4) is 0 Å². The lowest BCUT2D eigenvalue weighted by atomic mass is 10.1. The molecule has 1 aliphatic heterocycles. The van der Waals surface area contributed by atoms with E-state index in [4.69, 9.17) is 4.74 Å². The zero-order valence-corrected chi connectivity index (χ0v) is 11.0. The fraction of sp³-hybridized carbons (Fsp3) is 0.909. The maximum atomic E-state index is 11.4. The summed E-state index contributed by atoms with van der Waals surface area (Å²) < 4.78 is 4.98. The van der Waals surface area contributed by atoms with Crippen LogP contribution in [0.5, 0.6) is 0 Å². The van der Waals surface area contributed by atoms with Gasteiger partial charge in [0, 0.05) is 31.4 Å². The minimum Gasteiger partial charge on any atom is -0.450 e. The number of nitrogens with zero attached hydrogens (tertiary/aromatic N) is 1. The van der Waals surface area contributed by atoms with Gasteiger partial charge in [0.1, 0.15) is 0 Å². The number of piperidine rings is 1. The van der Waals surface area contributed by atoms with E-state index in [9.17, 15) is 4.79 Å². The average Bonchev–Trinajstić information content (AvgIpc) is 2.30. The molecule has 1 aliphatic rings. The van der Waals surface area contributed by atoms with E-state index in [1.165, 1.54) is 0 Å². The van der Waals surface area contributed by atoms with Crippen LogP contribution >= 0.6 is 11.8 Å². The van der Waals surface area contributed by atoms with Crippen LogP contribution in [0.1, 0.15) is 19.8 Å². The monoisotopic (exact) mass is 246 g/mol. The summed E-state index contributed by atoms with van der Waals surface area (Å²) in [6, 6.07) is 0.567. The standard InChI is InChI=1S/C11H22N2O2S/c1-3-15-11(14)13-7-4-10(5-8-13)12-6-9-16-2/h10,12H,3-9H2,1-2H3. The van der Waals surface area contributed by atoms with Crippen LogP contribution in [0.25, 0.3) is 0 Å². The van der Waals surface area contributed by atoms with Crippen molar-refractivity contribution in [1.82, 2.24) is 10.2 Å². The zero-order chi connectivity index (χ0) is 11.8. The second-order valence-corrected chi connectivity index (χ2v) is 4.89. The first-order chi connectivity index (χ1) is 7.77. The van der Waals surface area contributed by atoms with E-state index in [0.717, 1.165) is 38.2 Å². The number of carbonyl (C=O) groups is 1. The number of hydrogen-bond acceptors (Lipinski definition) is 4. The molecule has 1 amide bonds. The molecule has 0 atom stereocenters. The molecule has 0 bridgehead atoms. The molecule has 4 nitrogen and oxygen atoms in total. The molecule has 1 fully saturated rings. The summed E-state index contributed by atoms with van der Waals surface area (Å²) in [5, 5.41) is 3.51. The van der Waals surface area contributed by atoms with Crippen LogP contribution in [0, 0.1) is 0 Å². The molecule has 94 valence electrons. The van der Waals surface area contributed by atoms with Gasteiger partial charge in [0.25, 0.3) is 0 Å². The van der Waals surface area contributed by atoms with E-state index in [-0.39, 0.29) is 6.09 Å². The highest BCUT2D eigenvalue weighted by atomic mass is 32.2. The third-order valence-electron chi connectivity index (χ3n) is 2.76. The second kappa shape index (κ2) is 7.79. The molecule has 0 aromatic heterocycles. The van der Waals surface area contributed by atoms with Crippen molar-refractivity contribution in [2.45, 2.75) is 25.8 Å². The summed E-state index contributed by atoms with van der Waals surface area (Å²) in [6.45, 7) is 5.00. The smallest absolute Gasteiger partial charge is 0.409 e. The van der Waals surface area contributed by atoms with E-state index in [1.54, 1.807) is 4.90 Å². The Balaban J connectivity index is 2.15. The number of amides is 1. The Kier molecular flexibility index (Phi) is 6.64. The number of carbonyl (C=O) groups excluding carboxylic acids is 1. The van der Waals surface area contributed by atoms with Gasteiger partial charge in [0.05, 0.1) is 6.61 Å². The fourth-order valence-electron chi connectivity index (χ4n) is 1.85. The summed E-state index contributed by atoms with van der Waals surface area (Å²) in [5.41, 5.74) is 0. The average molecular weight is 246 g/mol. The molecule has 0 unspecified atom stereocenters. The van der Waals surface area contributed by atoms with Crippen LogP contribution in [-0.2, 0) is 4.74 Å². The van der Waals surface area contributed by atoms with E-state index < -0.39 is 0 Å². The Bertz CT molecular complexity index is 206. The predicted octanol–water partition coefficient (Wildman–Crippen LogP) is 1.56. The molecule has 1 heterocycles. The number of rotatable bonds is 5. The number of hydrogen-bond donors (Lipinski definition) is 1. The highest BCUT2D eigenvalue weighted by molar-refractivity contribution is 7.98. The summed E-state index contributed by atoms with van der Waals surface area (Å²) in [4.78, 5) is 13.2. The largest absolute Gasteiger partial charge is 0.450 e. The number of nitrogens with one attached hydrogen (secondary N) is 1. The van der Waals surface area contributed by atoms with Gasteiger partial charge in [-0.1, -0.05) is 0 Å². The van der Waals surface area contributed by atoms with Gasteiger partial charge >= 0.3 is 6.09 Å². The topological polar surface area (TPSA) is 41.6 Å². The first-order valence-electron chi connectivity index (χ1n) is 5.92. The lowest BCUT2D eigenvalue weighted by molar-refractivity contribution is 0.0953. The minimum absolute atomic E-state index is 0.162. The predicted molar refractivity (Wildman–Crippen MR) is 68.0 cm³/mol. The Hall–Kier alpha value is -0.420. The van der Waals surface area contributed by atoms with Crippen molar-refractivity contribution in [2.75, 3.05) is 38.2 Å². The molecule has 0 aromatic rings. The molecule has 16 heavy (non-hydrogen) atoms. The summed E-state index contributed by atoms with van der Waals surface area (Å²) in [6.07, 6.45) is 4.02. The van der Waals surface area contributed by atoms with Gasteiger partial charge in [0.15, 0.2) is 0 Å². The Morgan fingerprint density at radius 1 is 1.50 bits per heavy atom. The molecule has 0 saturated carbocycles. The molecule has 1 rings (SSSR count). The van der Waals surface area contributed by atoms with Crippen molar-refractivity contribution in [3.8, 4) is 0 Å². The molecular weight excluding hydrogens is 224 g/mol. The lowest BCUT2D eigenvalue weighted by Gasteiger charge is -2.31. The van der Waals surface area contributed by atoms with Crippen molar-refractivity contribution < 1.29 is 9.53 Å². The maximum absolute atomic E-state index is 11.4. The van der Waals surface area contributed by atoms with Crippen LogP contribution in [0.4, 0.5) is 4.79 Å². The molecule has 1 N–H and O–H groups in total. The van der Waals surface area contributed by atoms with Crippen molar-refractivity contribution >= 4 is 17.9 Å². The molecule has 1 saturated heterocycles. The number of ether oxygens (including phenoxy) is 1. The van der Waals surface area contributed by atoms with E-state index in [2.05, 4.69) is 11.6 Å². The van der Waals surface area contributed by atoms with Gasteiger partial charge in [0.2, 0.25) is 0 Å². The van der Waals surface area contributed by atoms with Gasteiger partial charge in [-0.3, -0.25) is 0 Å². The highest BCUT2D eigenvalue weighted by Crippen LogP contribution is 2.11. The van der Waals surface area contributed by atoms with Gasteiger partial charge in [-0.05, 0) is 26.0 Å². The first-order valence-corrected chi connectivity index (χ1v) is 7.31. The summed E-state index contributed by atoms with van der Waals surface area (Å²) >= 11 is 1.86. The van der Waals surface area contributed by atoms with Crippen LogP contribution in [0.2, 0.25) is 0 Å². The second-order valence-electron chi connectivity index (χ2n) is 3.91. The Morgan fingerprint density at radius 2 is 2.19 bits per heavy atom. The minimum atomic E-state index is -0.162. The summed E-state index contributed by atoms with van der Waals surface area (Å²) in [5.74, 6) is 1.15. The van der Waals surface area contributed by atoms with Gasteiger partial charge in [-0.2, -0.15) is 11.8 Å². The molecule has 5 heteroatoms. The van der Waals surface area contributed by atoms with Gasteiger partial charge in [-0.15, -0.1) is 0 Å². The van der Waals surface area contributed by atoms with Crippen molar-refractivity contribution in [3.63, 3.8) is 0 Å². The van der Waals surface area contributed by atoms with Crippen molar-refractivity contribution in [2.24, 2.45) is 0 Å². The van der Waals surface area contributed by atoms with Crippen LogP contribution in [0.15, 0.2) is 0 Å². The van der Waals surface area contributed by atoms with Crippen molar-refractivity contribution in [3.05, 3.63) is 0 Å².